The molecule has 6 heteroatoms. The molecule has 0 saturated carbocycles. The van der Waals surface area contributed by atoms with E-state index in [-0.39, 0.29) is 13.2 Å². The van der Waals surface area contributed by atoms with Gasteiger partial charge in [-0.2, -0.15) is 0 Å². The van der Waals surface area contributed by atoms with Gasteiger partial charge in [0.15, 0.2) is 0 Å². The molecule has 30 heavy (non-hydrogen) atoms. The van der Waals surface area contributed by atoms with Crippen LogP contribution in [0, 0.1) is 0 Å². The van der Waals surface area contributed by atoms with Crippen molar-refractivity contribution in [3.8, 4) is 0 Å². The maximum atomic E-state index is 10.4. The highest BCUT2D eigenvalue weighted by Gasteiger charge is 2.32. The Labute approximate surface area is 185 Å². The molecule has 0 amide bonds. The third-order valence-corrected chi connectivity index (χ3v) is 5.63. The van der Waals surface area contributed by atoms with Crippen molar-refractivity contribution in [3.63, 3.8) is 0 Å². The largest absolute Gasteiger partial charge is 0.394 e. The number of unbranched alkanes of at least 4 members (excludes halogenated alkanes) is 12. The Kier molecular flexibility index (Phi) is 21.8. The second-order valence-electron chi connectivity index (χ2n) is 8.41. The molecular weight excluding hydrogens is 384 g/mol. The average Bonchev–Trinajstić information content (AvgIpc) is 2.76. The number of aliphatic hydroxyl groups is 4. The highest BCUT2D eigenvalue weighted by molar-refractivity contribution is 4.82. The van der Waals surface area contributed by atoms with Crippen LogP contribution in [0.25, 0.3) is 0 Å². The molecule has 4 atom stereocenters. The topological polar surface area (TPSA) is 99.4 Å². The molecular formula is C24H50O6. The van der Waals surface area contributed by atoms with Crippen molar-refractivity contribution in [3.05, 3.63) is 0 Å². The Bertz CT molecular complexity index is 310. The Morgan fingerprint density at radius 1 is 0.500 bits per heavy atom. The van der Waals surface area contributed by atoms with Crippen molar-refractivity contribution in [1.82, 2.24) is 0 Å². The highest BCUT2D eigenvalue weighted by atomic mass is 16.5. The summed E-state index contributed by atoms with van der Waals surface area (Å²) in [6, 6.07) is 0. The van der Waals surface area contributed by atoms with Gasteiger partial charge in [0.1, 0.15) is 24.4 Å². The van der Waals surface area contributed by atoms with Gasteiger partial charge in [0.05, 0.1) is 13.2 Å². The lowest BCUT2D eigenvalue weighted by Gasteiger charge is -2.30. The first-order valence-electron chi connectivity index (χ1n) is 12.4. The van der Waals surface area contributed by atoms with Crippen LogP contribution in [0.3, 0.4) is 0 Å². The SMILES string of the molecule is CCCCCCCCCO[C@@H](CO)[C@@H](O)[C@H](O)[C@@H](CO)OCCCCCCCCC. The van der Waals surface area contributed by atoms with E-state index in [4.69, 9.17) is 9.47 Å². The molecule has 0 bridgehead atoms. The first-order valence-corrected chi connectivity index (χ1v) is 12.4. The van der Waals surface area contributed by atoms with Crippen molar-refractivity contribution in [2.75, 3.05) is 26.4 Å². The van der Waals surface area contributed by atoms with Gasteiger partial charge >= 0.3 is 0 Å². The Morgan fingerprint density at radius 3 is 1.10 bits per heavy atom. The summed E-state index contributed by atoms with van der Waals surface area (Å²) < 4.78 is 11.2. The van der Waals surface area contributed by atoms with Gasteiger partial charge in [-0.3, -0.25) is 0 Å². The maximum Gasteiger partial charge on any atom is 0.111 e. The zero-order valence-corrected chi connectivity index (χ0v) is 19.6. The molecule has 0 radical (unpaired) electrons. The fourth-order valence-electron chi connectivity index (χ4n) is 3.55. The van der Waals surface area contributed by atoms with Gasteiger partial charge in [0.25, 0.3) is 0 Å². The molecule has 0 saturated heterocycles. The molecule has 0 aromatic rings. The summed E-state index contributed by atoms with van der Waals surface area (Å²) in [5, 5.41) is 39.8. The molecule has 0 heterocycles. The molecule has 6 nitrogen and oxygen atoms in total. The zero-order chi connectivity index (χ0) is 22.5. The van der Waals surface area contributed by atoms with Gasteiger partial charge in [-0.05, 0) is 12.8 Å². The number of hydrogen-bond donors (Lipinski definition) is 4. The fourth-order valence-corrected chi connectivity index (χ4v) is 3.55. The Morgan fingerprint density at radius 2 is 0.800 bits per heavy atom. The van der Waals surface area contributed by atoms with E-state index >= 15 is 0 Å². The van der Waals surface area contributed by atoms with E-state index in [1.165, 1.54) is 51.4 Å². The summed E-state index contributed by atoms with van der Waals surface area (Å²) in [6.07, 6.45) is 11.8. The molecule has 0 aliphatic carbocycles. The standard InChI is InChI=1S/C24H50O6/c1-3-5-7-9-11-13-15-17-29-21(19-25)23(27)24(28)22(20-26)30-18-16-14-12-10-8-6-4-2/h21-28H,3-20H2,1-2H3/t21-,22+,23-,24-/m1/s1. The van der Waals surface area contributed by atoms with Crippen LogP contribution >= 0.6 is 0 Å². The van der Waals surface area contributed by atoms with Crippen LogP contribution in [0.2, 0.25) is 0 Å². The van der Waals surface area contributed by atoms with Gasteiger partial charge in [0, 0.05) is 13.2 Å². The lowest BCUT2D eigenvalue weighted by Crippen LogP contribution is -2.49. The van der Waals surface area contributed by atoms with E-state index in [0.717, 1.165) is 38.5 Å². The van der Waals surface area contributed by atoms with E-state index in [1.807, 2.05) is 0 Å². The summed E-state index contributed by atoms with van der Waals surface area (Å²) >= 11 is 0. The van der Waals surface area contributed by atoms with E-state index in [1.54, 1.807) is 0 Å². The number of hydrogen-bond acceptors (Lipinski definition) is 6. The molecule has 0 aliphatic rings. The van der Waals surface area contributed by atoms with Crippen LogP contribution < -0.4 is 0 Å². The maximum absolute atomic E-state index is 10.4. The van der Waals surface area contributed by atoms with Gasteiger partial charge in [-0.1, -0.05) is 90.9 Å². The zero-order valence-electron chi connectivity index (χ0n) is 19.6. The minimum Gasteiger partial charge on any atom is -0.394 e. The quantitative estimate of drug-likeness (QED) is 0.182. The van der Waals surface area contributed by atoms with Gasteiger partial charge < -0.3 is 29.9 Å². The Balaban J connectivity index is 4.03. The van der Waals surface area contributed by atoms with Gasteiger partial charge in [-0.15, -0.1) is 0 Å². The first kappa shape index (κ1) is 29.8. The summed E-state index contributed by atoms with van der Waals surface area (Å²) in [7, 11) is 0. The van der Waals surface area contributed by atoms with Crippen LogP contribution in [-0.2, 0) is 9.47 Å². The van der Waals surface area contributed by atoms with Crippen LogP contribution in [-0.4, -0.2) is 71.3 Å². The molecule has 0 aliphatic heterocycles. The summed E-state index contributed by atoms with van der Waals surface area (Å²) in [5.74, 6) is 0. The predicted molar refractivity (Wildman–Crippen MR) is 122 cm³/mol. The molecule has 182 valence electrons. The molecule has 0 rings (SSSR count). The van der Waals surface area contributed by atoms with Crippen LogP contribution in [0.5, 0.6) is 0 Å². The lowest BCUT2D eigenvalue weighted by molar-refractivity contribution is -0.154. The van der Waals surface area contributed by atoms with Crippen molar-refractivity contribution in [2.45, 2.75) is 128 Å². The number of ether oxygens (including phenoxy) is 2. The second kappa shape index (κ2) is 22.0. The number of rotatable bonds is 23. The third-order valence-electron chi connectivity index (χ3n) is 5.63. The molecule has 0 aromatic heterocycles. The molecule has 4 N–H and O–H groups in total. The molecule has 0 spiro atoms. The molecule has 0 unspecified atom stereocenters. The molecule has 0 aromatic carbocycles. The van der Waals surface area contributed by atoms with Gasteiger partial charge in [0.2, 0.25) is 0 Å². The predicted octanol–water partition coefficient (Wildman–Crippen LogP) is 3.96. The number of aliphatic hydroxyl groups excluding tert-OH is 4. The minimum atomic E-state index is -1.30. The average molecular weight is 435 g/mol. The van der Waals surface area contributed by atoms with Crippen molar-refractivity contribution >= 4 is 0 Å². The summed E-state index contributed by atoms with van der Waals surface area (Å²) in [5.41, 5.74) is 0. The van der Waals surface area contributed by atoms with E-state index in [2.05, 4.69) is 13.8 Å². The van der Waals surface area contributed by atoms with E-state index in [9.17, 15) is 20.4 Å². The summed E-state index contributed by atoms with van der Waals surface area (Å²) in [4.78, 5) is 0. The first-order chi connectivity index (χ1) is 14.6. The van der Waals surface area contributed by atoms with Gasteiger partial charge in [-0.25, -0.2) is 0 Å². The highest BCUT2D eigenvalue weighted by Crippen LogP contribution is 2.14. The lowest BCUT2D eigenvalue weighted by atomic mass is 10.0. The third kappa shape index (κ3) is 15.5. The van der Waals surface area contributed by atoms with Crippen LogP contribution in [0.15, 0.2) is 0 Å². The molecule has 0 fully saturated rings. The fraction of sp³-hybridized carbons (Fsp3) is 1.00. The second-order valence-corrected chi connectivity index (χ2v) is 8.41. The van der Waals surface area contributed by atoms with E-state index in [0.29, 0.717) is 13.2 Å². The van der Waals surface area contributed by atoms with Crippen LogP contribution in [0.4, 0.5) is 0 Å². The monoisotopic (exact) mass is 434 g/mol. The minimum absolute atomic E-state index is 0.384. The Hall–Kier alpha value is -0.240. The summed E-state index contributed by atoms with van der Waals surface area (Å²) in [6.45, 7) is 4.50. The van der Waals surface area contributed by atoms with Crippen molar-refractivity contribution in [1.29, 1.82) is 0 Å². The van der Waals surface area contributed by atoms with Crippen molar-refractivity contribution < 1.29 is 29.9 Å². The van der Waals surface area contributed by atoms with Crippen LogP contribution in [0.1, 0.15) is 104 Å². The van der Waals surface area contributed by atoms with E-state index < -0.39 is 24.4 Å². The smallest absolute Gasteiger partial charge is 0.111 e. The van der Waals surface area contributed by atoms with Crippen molar-refractivity contribution in [2.24, 2.45) is 0 Å². The normalized spacial score (nSPS) is 15.8.